The molecule has 0 saturated carbocycles. The number of benzene rings is 1. The minimum Gasteiger partial charge on any atom is -0.490 e. The molecule has 0 unspecified atom stereocenters. The second-order valence-corrected chi connectivity index (χ2v) is 5.57. The molecule has 1 heterocycles. The Labute approximate surface area is 148 Å². The number of ether oxygens (including phenoxy) is 2. The molecule has 1 N–H and O–H groups in total. The molecule has 0 fully saturated rings. The van der Waals surface area contributed by atoms with Gasteiger partial charge in [0.2, 0.25) is 0 Å². The van der Waals surface area contributed by atoms with E-state index < -0.39 is 0 Å². The third-order valence-corrected chi connectivity index (χ3v) is 3.78. The second-order valence-electron chi connectivity index (χ2n) is 5.57. The molecule has 0 aliphatic carbocycles. The summed E-state index contributed by atoms with van der Waals surface area (Å²) >= 11 is 0. The van der Waals surface area contributed by atoms with E-state index in [-0.39, 0.29) is 11.9 Å². The van der Waals surface area contributed by atoms with E-state index >= 15 is 0 Å². The lowest BCUT2D eigenvalue weighted by molar-refractivity contribution is 0.102. The molecule has 6 heteroatoms. The SMILES string of the molecule is C=CCOc1ccc(C(=O)Nc2ccnn2[C@H](C)CC)cc1OCC. The van der Waals surface area contributed by atoms with Gasteiger partial charge in [-0.1, -0.05) is 19.6 Å². The number of hydrogen-bond acceptors (Lipinski definition) is 4. The summed E-state index contributed by atoms with van der Waals surface area (Å²) in [5.41, 5.74) is 0.492. The van der Waals surface area contributed by atoms with Gasteiger partial charge < -0.3 is 14.8 Å². The number of nitrogens with one attached hydrogen (secondary N) is 1. The third-order valence-electron chi connectivity index (χ3n) is 3.78. The number of carbonyl (C=O) groups is 1. The Hall–Kier alpha value is -2.76. The summed E-state index contributed by atoms with van der Waals surface area (Å²) in [5.74, 6) is 1.57. The normalized spacial score (nSPS) is 11.6. The Kier molecular flexibility index (Phi) is 6.62. The molecule has 0 saturated heterocycles. The second kappa shape index (κ2) is 8.92. The Balaban J connectivity index is 2.20. The zero-order valence-corrected chi connectivity index (χ0v) is 15.0. The van der Waals surface area contributed by atoms with Crippen LogP contribution in [0.25, 0.3) is 0 Å². The predicted molar refractivity (Wildman–Crippen MR) is 98.5 cm³/mol. The molecule has 0 spiro atoms. The summed E-state index contributed by atoms with van der Waals surface area (Å²) in [4.78, 5) is 12.6. The van der Waals surface area contributed by atoms with Gasteiger partial charge in [-0.25, -0.2) is 4.68 Å². The standard InChI is InChI=1S/C19H25N3O3/c1-5-12-25-16-9-8-15(13-17(16)24-7-3)19(23)21-18-10-11-20-22(18)14(4)6-2/h5,8-11,13-14H,1,6-7,12H2,2-4H3,(H,21,23)/t14-/m1/s1. The number of aromatic nitrogens is 2. The summed E-state index contributed by atoms with van der Waals surface area (Å²) in [5, 5.41) is 7.18. The van der Waals surface area contributed by atoms with Crippen LogP contribution in [0.15, 0.2) is 43.1 Å². The summed E-state index contributed by atoms with van der Waals surface area (Å²) in [6.07, 6.45) is 4.26. The third kappa shape index (κ3) is 4.62. The molecule has 1 aromatic heterocycles. The van der Waals surface area contributed by atoms with Gasteiger partial charge in [-0.15, -0.1) is 0 Å². The fraction of sp³-hybridized carbons (Fsp3) is 0.368. The van der Waals surface area contributed by atoms with Gasteiger partial charge in [0, 0.05) is 11.6 Å². The van der Waals surface area contributed by atoms with Crippen LogP contribution in [0.1, 0.15) is 43.6 Å². The maximum Gasteiger partial charge on any atom is 0.256 e. The molecule has 2 rings (SSSR count). The first-order valence-electron chi connectivity index (χ1n) is 8.46. The van der Waals surface area contributed by atoms with Gasteiger partial charge in [0.15, 0.2) is 11.5 Å². The number of amides is 1. The lowest BCUT2D eigenvalue weighted by atomic mass is 10.2. The fourth-order valence-electron chi connectivity index (χ4n) is 2.31. The van der Waals surface area contributed by atoms with Crippen molar-refractivity contribution in [1.82, 2.24) is 9.78 Å². The molecule has 0 aliphatic rings. The van der Waals surface area contributed by atoms with Crippen LogP contribution in [-0.2, 0) is 0 Å². The number of carbonyl (C=O) groups excluding carboxylic acids is 1. The Morgan fingerprint density at radius 1 is 1.32 bits per heavy atom. The van der Waals surface area contributed by atoms with Crippen molar-refractivity contribution in [2.45, 2.75) is 33.2 Å². The molecule has 1 amide bonds. The molecule has 25 heavy (non-hydrogen) atoms. The van der Waals surface area contributed by atoms with Crippen molar-refractivity contribution in [3.8, 4) is 11.5 Å². The van der Waals surface area contributed by atoms with E-state index in [2.05, 4.69) is 30.8 Å². The Bertz CT molecular complexity index is 724. The number of nitrogens with zero attached hydrogens (tertiary/aromatic N) is 2. The molecule has 2 aromatic rings. The maximum absolute atomic E-state index is 12.6. The first-order valence-corrected chi connectivity index (χ1v) is 8.46. The zero-order chi connectivity index (χ0) is 18.2. The first-order chi connectivity index (χ1) is 12.1. The number of anilines is 1. The van der Waals surface area contributed by atoms with Crippen molar-refractivity contribution in [2.24, 2.45) is 0 Å². The Morgan fingerprint density at radius 2 is 2.12 bits per heavy atom. The monoisotopic (exact) mass is 343 g/mol. The van der Waals surface area contributed by atoms with Crippen LogP contribution < -0.4 is 14.8 Å². The maximum atomic E-state index is 12.6. The van der Waals surface area contributed by atoms with Gasteiger partial charge >= 0.3 is 0 Å². The number of rotatable bonds is 9. The highest BCUT2D eigenvalue weighted by Gasteiger charge is 2.15. The van der Waals surface area contributed by atoms with E-state index in [1.54, 1.807) is 36.5 Å². The van der Waals surface area contributed by atoms with Gasteiger partial charge in [-0.3, -0.25) is 4.79 Å². The molecule has 1 atom stereocenters. The largest absolute Gasteiger partial charge is 0.490 e. The van der Waals surface area contributed by atoms with Crippen molar-refractivity contribution in [3.63, 3.8) is 0 Å². The molecule has 134 valence electrons. The molecular formula is C19H25N3O3. The topological polar surface area (TPSA) is 65.4 Å². The van der Waals surface area contributed by atoms with Crippen LogP contribution in [0.4, 0.5) is 5.82 Å². The van der Waals surface area contributed by atoms with E-state index in [9.17, 15) is 4.79 Å². The van der Waals surface area contributed by atoms with Crippen molar-refractivity contribution < 1.29 is 14.3 Å². The van der Waals surface area contributed by atoms with Crippen LogP contribution in [0.5, 0.6) is 11.5 Å². The van der Waals surface area contributed by atoms with E-state index in [1.807, 2.05) is 11.6 Å². The molecule has 0 radical (unpaired) electrons. The van der Waals surface area contributed by atoms with Crippen LogP contribution >= 0.6 is 0 Å². The molecule has 0 aliphatic heterocycles. The van der Waals surface area contributed by atoms with Gasteiger partial charge in [0.25, 0.3) is 5.91 Å². The average Bonchev–Trinajstić information content (AvgIpc) is 3.08. The minimum absolute atomic E-state index is 0.207. The predicted octanol–water partition coefficient (Wildman–Crippen LogP) is 4.07. The van der Waals surface area contributed by atoms with Crippen LogP contribution in [0.2, 0.25) is 0 Å². The molecule has 0 bridgehead atoms. The van der Waals surface area contributed by atoms with E-state index in [0.29, 0.717) is 36.1 Å². The van der Waals surface area contributed by atoms with E-state index in [1.165, 1.54) is 0 Å². The van der Waals surface area contributed by atoms with Crippen molar-refractivity contribution in [1.29, 1.82) is 0 Å². The number of hydrogen-bond donors (Lipinski definition) is 1. The van der Waals surface area contributed by atoms with Crippen LogP contribution in [-0.4, -0.2) is 28.9 Å². The highest BCUT2D eigenvalue weighted by molar-refractivity contribution is 6.04. The summed E-state index contributed by atoms with van der Waals surface area (Å²) in [6.45, 7) is 10.5. The highest BCUT2D eigenvalue weighted by atomic mass is 16.5. The smallest absolute Gasteiger partial charge is 0.256 e. The summed E-state index contributed by atoms with van der Waals surface area (Å²) in [6, 6.07) is 7.12. The van der Waals surface area contributed by atoms with Gasteiger partial charge in [0.1, 0.15) is 12.4 Å². The van der Waals surface area contributed by atoms with Crippen molar-refractivity contribution >= 4 is 11.7 Å². The molecular weight excluding hydrogens is 318 g/mol. The van der Waals surface area contributed by atoms with E-state index in [4.69, 9.17) is 9.47 Å². The van der Waals surface area contributed by atoms with Gasteiger partial charge in [-0.05, 0) is 38.5 Å². The van der Waals surface area contributed by atoms with Crippen LogP contribution in [0, 0.1) is 0 Å². The zero-order valence-electron chi connectivity index (χ0n) is 15.0. The first kappa shape index (κ1) is 18.6. The van der Waals surface area contributed by atoms with Crippen LogP contribution in [0.3, 0.4) is 0 Å². The molecule has 1 aromatic carbocycles. The lowest BCUT2D eigenvalue weighted by Gasteiger charge is -2.15. The van der Waals surface area contributed by atoms with Crippen molar-refractivity contribution in [3.05, 3.63) is 48.7 Å². The average molecular weight is 343 g/mol. The fourth-order valence-corrected chi connectivity index (χ4v) is 2.31. The quantitative estimate of drug-likeness (QED) is 0.697. The van der Waals surface area contributed by atoms with E-state index in [0.717, 1.165) is 6.42 Å². The Morgan fingerprint density at radius 3 is 2.80 bits per heavy atom. The van der Waals surface area contributed by atoms with Gasteiger partial charge in [-0.2, -0.15) is 5.10 Å². The molecule has 6 nitrogen and oxygen atoms in total. The highest BCUT2D eigenvalue weighted by Crippen LogP contribution is 2.29. The summed E-state index contributed by atoms with van der Waals surface area (Å²) in [7, 11) is 0. The lowest BCUT2D eigenvalue weighted by Crippen LogP contribution is -2.17. The van der Waals surface area contributed by atoms with Gasteiger partial charge in [0.05, 0.1) is 18.8 Å². The summed E-state index contributed by atoms with van der Waals surface area (Å²) < 4.78 is 12.9. The minimum atomic E-state index is -0.221. The van der Waals surface area contributed by atoms with Crippen molar-refractivity contribution in [2.75, 3.05) is 18.5 Å².